The molecule has 0 aliphatic heterocycles. The van der Waals surface area contributed by atoms with Gasteiger partial charge in [-0.25, -0.2) is 0 Å². The van der Waals surface area contributed by atoms with E-state index < -0.39 is 11.9 Å². The van der Waals surface area contributed by atoms with E-state index in [0.717, 1.165) is 0 Å². The summed E-state index contributed by atoms with van der Waals surface area (Å²) < 4.78 is 0. The molecule has 3 N–H and O–H groups in total. The first-order valence-corrected chi connectivity index (χ1v) is 5.43. The molecular formula is C11H18N2O3. The first-order valence-electron chi connectivity index (χ1n) is 5.43. The molecule has 0 radical (unpaired) electrons. The predicted octanol–water partition coefficient (Wildman–Crippen LogP) is 0.130. The second-order valence-electron chi connectivity index (χ2n) is 4.27. The summed E-state index contributed by atoms with van der Waals surface area (Å²) in [6.45, 7) is 4.19. The van der Waals surface area contributed by atoms with Crippen LogP contribution in [0.5, 0.6) is 0 Å². The molecule has 0 aromatic heterocycles. The lowest BCUT2D eigenvalue weighted by Crippen LogP contribution is -2.41. The van der Waals surface area contributed by atoms with Gasteiger partial charge in [0, 0.05) is 12.1 Å². The molecule has 5 nitrogen and oxygen atoms in total. The summed E-state index contributed by atoms with van der Waals surface area (Å²) in [4.78, 5) is 22.1. The van der Waals surface area contributed by atoms with Crippen LogP contribution in [0.2, 0.25) is 0 Å². The van der Waals surface area contributed by atoms with E-state index in [1.54, 1.807) is 12.2 Å². The van der Waals surface area contributed by atoms with E-state index in [9.17, 15) is 9.59 Å². The number of carbonyl (C=O) groups is 2. The van der Waals surface area contributed by atoms with Crippen molar-refractivity contribution in [3.05, 3.63) is 12.2 Å². The van der Waals surface area contributed by atoms with Gasteiger partial charge < -0.3 is 15.7 Å². The molecule has 2 unspecified atom stereocenters. The highest BCUT2D eigenvalue weighted by Gasteiger charge is 2.25. The zero-order chi connectivity index (χ0) is 12.1. The normalized spacial score (nSPS) is 23.7. The fourth-order valence-corrected chi connectivity index (χ4v) is 1.54. The van der Waals surface area contributed by atoms with Gasteiger partial charge in [0.1, 0.15) is 0 Å². The number of hydrogen-bond donors (Lipinski definition) is 3. The molecule has 1 aliphatic rings. The van der Waals surface area contributed by atoms with Crippen LogP contribution in [-0.2, 0) is 9.59 Å². The lowest BCUT2D eigenvalue weighted by atomic mass is 10.1. The van der Waals surface area contributed by atoms with Gasteiger partial charge in [-0.05, 0) is 6.42 Å². The second kappa shape index (κ2) is 5.65. The van der Waals surface area contributed by atoms with Crippen molar-refractivity contribution in [1.29, 1.82) is 0 Å². The summed E-state index contributed by atoms with van der Waals surface area (Å²) in [5, 5.41) is 14.5. The maximum Gasteiger partial charge on any atom is 0.310 e. The minimum atomic E-state index is -0.840. The highest BCUT2D eigenvalue weighted by atomic mass is 16.4. The zero-order valence-corrected chi connectivity index (χ0v) is 9.56. The van der Waals surface area contributed by atoms with Crippen LogP contribution in [0.3, 0.4) is 0 Å². The van der Waals surface area contributed by atoms with Crippen LogP contribution in [0.1, 0.15) is 20.3 Å². The number of amides is 1. The van der Waals surface area contributed by atoms with Gasteiger partial charge in [0.25, 0.3) is 0 Å². The SMILES string of the molecule is CC(C)NCC(=O)NC1C=CC(C(=O)O)C1. The highest BCUT2D eigenvalue weighted by molar-refractivity contribution is 5.79. The van der Waals surface area contributed by atoms with Crippen LogP contribution in [-0.4, -0.2) is 35.6 Å². The van der Waals surface area contributed by atoms with Gasteiger partial charge in [0.05, 0.1) is 12.5 Å². The summed E-state index contributed by atoms with van der Waals surface area (Å²) in [5.41, 5.74) is 0. The van der Waals surface area contributed by atoms with Gasteiger partial charge in [-0.2, -0.15) is 0 Å². The maximum absolute atomic E-state index is 11.4. The van der Waals surface area contributed by atoms with Crippen molar-refractivity contribution in [1.82, 2.24) is 10.6 Å². The molecule has 0 saturated heterocycles. The first-order chi connectivity index (χ1) is 7.49. The Bertz CT molecular complexity index is 300. The molecule has 0 aromatic rings. The largest absolute Gasteiger partial charge is 0.481 e. The van der Waals surface area contributed by atoms with E-state index in [0.29, 0.717) is 6.42 Å². The van der Waals surface area contributed by atoms with Gasteiger partial charge in [-0.3, -0.25) is 9.59 Å². The third-order valence-corrected chi connectivity index (χ3v) is 2.42. The van der Waals surface area contributed by atoms with Crippen LogP contribution in [0, 0.1) is 5.92 Å². The van der Waals surface area contributed by atoms with Crippen LogP contribution in [0.25, 0.3) is 0 Å². The van der Waals surface area contributed by atoms with Crippen molar-refractivity contribution in [2.75, 3.05) is 6.54 Å². The molecule has 0 aromatic carbocycles. The van der Waals surface area contributed by atoms with Crippen LogP contribution >= 0.6 is 0 Å². The van der Waals surface area contributed by atoms with Crippen LogP contribution < -0.4 is 10.6 Å². The van der Waals surface area contributed by atoms with E-state index in [1.165, 1.54) is 0 Å². The van der Waals surface area contributed by atoms with E-state index in [-0.39, 0.29) is 24.5 Å². The molecule has 16 heavy (non-hydrogen) atoms. The minimum Gasteiger partial charge on any atom is -0.481 e. The van der Waals surface area contributed by atoms with E-state index in [4.69, 9.17) is 5.11 Å². The number of carbonyl (C=O) groups excluding carboxylic acids is 1. The molecule has 1 rings (SSSR count). The van der Waals surface area contributed by atoms with E-state index in [1.807, 2.05) is 13.8 Å². The summed E-state index contributed by atoms with van der Waals surface area (Å²) in [6.07, 6.45) is 3.82. The molecule has 0 heterocycles. The van der Waals surface area contributed by atoms with Crippen molar-refractivity contribution >= 4 is 11.9 Å². The smallest absolute Gasteiger partial charge is 0.310 e. The molecule has 1 amide bonds. The van der Waals surface area contributed by atoms with Crippen molar-refractivity contribution < 1.29 is 14.7 Å². The summed E-state index contributed by atoms with van der Waals surface area (Å²) in [6, 6.07) is 0.110. The summed E-state index contributed by atoms with van der Waals surface area (Å²) in [7, 11) is 0. The highest BCUT2D eigenvalue weighted by Crippen LogP contribution is 2.17. The Labute approximate surface area is 94.9 Å². The van der Waals surface area contributed by atoms with Gasteiger partial charge in [0.2, 0.25) is 5.91 Å². The van der Waals surface area contributed by atoms with Gasteiger partial charge in [0.15, 0.2) is 0 Å². The summed E-state index contributed by atoms with van der Waals surface area (Å²) in [5.74, 6) is -1.41. The average Bonchev–Trinajstić information content (AvgIpc) is 2.63. The first kappa shape index (κ1) is 12.7. The zero-order valence-electron chi connectivity index (χ0n) is 9.56. The Morgan fingerprint density at radius 3 is 2.62 bits per heavy atom. The maximum atomic E-state index is 11.4. The number of nitrogens with one attached hydrogen (secondary N) is 2. The Balaban J connectivity index is 2.27. The van der Waals surface area contributed by atoms with Gasteiger partial charge in [-0.1, -0.05) is 26.0 Å². The number of aliphatic carboxylic acids is 1. The molecule has 5 heteroatoms. The molecule has 0 bridgehead atoms. The number of hydrogen-bond acceptors (Lipinski definition) is 3. The molecule has 0 saturated carbocycles. The second-order valence-corrected chi connectivity index (χ2v) is 4.27. The topological polar surface area (TPSA) is 78.4 Å². The summed E-state index contributed by atoms with van der Waals surface area (Å²) >= 11 is 0. The molecule has 1 aliphatic carbocycles. The lowest BCUT2D eigenvalue weighted by Gasteiger charge is -2.13. The predicted molar refractivity (Wildman–Crippen MR) is 60.0 cm³/mol. The molecule has 0 fully saturated rings. The Hall–Kier alpha value is -1.36. The standard InChI is InChI=1S/C11H18N2O3/c1-7(2)12-6-10(14)13-9-4-3-8(5-9)11(15)16/h3-4,7-9,12H,5-6H2,1-2H3,(H,13,14)(H,15,16). The molecule has 2 atom stereocenters. The van der Waals surface area contributed by atoms with Crippen molar-refractivity contribution in [3.8, 4) is 0 Å². The van der Waals surface area contributed by atoms with E-state index in [2.05, 4.69) is 10.6 Å². The quantitative estimate of drug-likeness (QED) is 0.582. The third kappa shape index (κ3) is 4.02. The Morgan fingerprint density at radius 2 is 2.12 bits per heavy atom. The van der Waals surface area contributed by atoms with Crippen LogP contribution in [0.4, 0.5) is 0 Å². The third-order valence-electron chi connectivity index (χ3n) is 2.42. The lowest BCUT2D eigenvalue weighted by molar-refractivity contribution is -0.140. The minimum absolute atomic E-state index is 0.102. The average molecular weight is 226 g/mol. The molecule has 0 spiro atoms. The van der Waals surface area contributed by atoms with Crippen LogP contribution in [0.15, 0.2) is 12.2 Å². The molecule has 90 valence electrons. The number of rotatable bonds is 5. The Morgan fingerprint density at radius 1 is 1.44 bits per heavy atom. The number of carboxylic acids is 1. The van der Waals surface area contributed by atoms with E-state index >= 15 is 0 Å². The monoisotopic (exact) mass is 226 g/mol. The Kier molecular flexibility index (Phi) is 4.49. The fourth-order valence-electron chi connectivity index (χ4n) is 1.54. The fraction of sp³-hybridized carbons (Fsp3) is 0.636. The van der Waals surface area contributed by atoms with Crippen molar-refractivity contribution in [3.63, 3.8) is 0 Å². The van der Waals surface area contributed by atoms with Gasteiger partial charge in [-0.15, -0.1) is 0 Å². The number of carboxylic acid groups (broad SMARTS) is 1. The molecular weight excluding hydrogens is 208 g/mol. The van der Waals surface area contributed by atoms with Gasteiger partial charge >= 0.3 is 5.97 Å². The van der Waals surface area contributed by atoms with Crippen molar-refractivity contribution in [2.24, 2.45) is 5.92 Å². The van der Waals surface area contributed by atoms with Crippen molar-refractivity contribution in [2.45, 2.75) is 32.4 Å².